The van der Waals surface area contributed by atoms with Gasteiger partial charge in [0.15, 0.2) is 0 Å². The molecule has 0 aliphatic heterocycles. The first-order chi connectivity index (χ1) is 19.3. The molecule has 220 valence electrons. The van der Waals surface area contributed by atoms with E-state index in [1.165, 1.54) is 44.2 Å². The molecule has 1 saturated carbocycles. The van der Waals surface area contributed by atoms with Gasteiger partial charge in [0.2, 0.25) is 0 Å². The van der Waals surface area contributed by atoms with Gasteiger partial charge in [0.1, 0.15) is 23.1 Å². The highest BCUT2D eigenvalue weighted by Crippen LogP contribution is 2.27. The van der Waals surface area contributed by atoms with Gasteiger partial charge in [-0.25, -0.2) is 8.78 Å². The van der Waals surface area contributed by atoms with Crippen LogP contribution in [0.2, 0.25) is 0 Å². The minimum atomic E-state index is -0.620. The molecule has 40 heavy (non-hydrogen) atoms. The van der Waals surface area contributed by atoms with E-state index in [0.29, 0.717) is 55.0 Å². The van der Waals surface area contributed by atoms with Gasteiger partial charge in [-0.15, -0.1) is 0 Å². The number of carbonyl (C=O) groups excluding carboxylic acids is 1. The quantitative estimate of drug-likeness (QED) is 0.209. The summed E-state index contributed by atoms with van der Waals surface area (Å²) in [4.78, 5) is 18.3. The van der Waals surface area contributed by atoms with Crippen LogP contribution in [-0.2, 0) is 0 Å². The Morgan fingerprint density at radius 3 is 2.25 bits per heavy atom. The van der Waals surface area contributed by atoms with Gasteiger partial charge in [-0.2, -0.15) is 0 Å². The van der Waals surface area contributed by atoms with E-state index in [2.05, 4.69) is 11.8 Å². The van der Waals surface area contributed by atoms with Crippen molar-refractivity contribution in [3.05, 3.63) is 64.7 Å². The second-order valence-electron chi connectivity index (χ2n) is 10.8. The van der Waals surface area contributed by atoms with E-state index in [-0.39, 0.29) is 5.91 Å². The van der Waals surface area contributed by atoms with Gasteiger partial charge in [-0.1, -0.05) is 44.3 Å². The van der Waals surface area contributed by atoms with E-state index in [4.69, 9.17) is 9.47 Å². The number of ether oxygens (including phenoxy) is 2. The van der Waals surface area contributed by atoms with Crippen molar-refractivity contribution in [2.75, 3.05) is 39.5 Å². The second-order valence-corrected chi connectivity index (χ2v) is 10.8. The van der Waals surface area contributed by atoms with Crippen LogP contribution in [0.5, 0.6) is 11.5 Å². The molecule has 0 spiro atoms. The number of hydrogen-bond donors (Lipinski definition) is 0. The molecule has 0 aromatic heterocycles. The highest BCUT2D eigenvalue weighted by atomic mass is 19.1. The summed E-state index contributed by atoms with van der Waals surface area (Å²) in [5, 5.41) is 0. The first kappa shape index (κ1) is 31.6. The van der Waals surface area contributed by atoms with E-state index in [9.17, 15) is 13.6 Å². The fraction of sp³-hybridized carbons (Fsp3) is 0.545. The van der Waals surface area contributed by atoms with Gasteiger partial charge in [0, 0.05) is 36.3 Å². The fourth-order valence-corrected chi connectivity index (χ4v) is 5.37. The van der Waals surface area contributed by atoms with E-state index in [1.807, 2.05) is 25.7 Å². The SMILES string of the molecule is CCCCN(CC1CCCCC1)CN(C/C(C)=C/c1ccc(F)cc1F)C(=O)c1cc(OCC)cc(OCC)c1. The molecule has 1 fully saturated rings. The zero-order chi connectivity index (χ0) is 28.9. The largest absolute Gasteiger partial charge is 0.494 e. The van der Waals surface area contributed by atoms with E-state index < -0.39 is 11.6 Å². The van der Waals surface area contributed by atoms with Crippen LogP contribution in [-0.4, -0.2) is 55.2 Å². The average molecular weight is 557 g/mol. The molecule has 0 atom stereocenters. The maximum absolute atomic E-state index is 14.4. The van der Waals surface area contributed by atoms with Gasteiger partial charge >= 0.3 is 0 Å². The predicted octanol–water partition coefficient (Wildman–Crippen LogP) is 7.95. The number of rotatable bonds is 15. The van der Waals surface area contributed by atoms with Gasteiger partial charge in [0.25, 0.3) is 5.91 Å². The third-order valence-electron chi connectivity index (χ3n) is 7.28. The topological polar surface area (TPSA) is 42.0 Å². The lowest BCUT2D eigenvalue weighted by molar-refractivity contribution is 0.0604. The first-order valence-electron chi connectivity index (χ1n) is 14.9. The minimum Gasteiger partial charge on any atom is -0.494 e. The van der Waals surface area contributed by atoms with Crippen molar-refractivity contribution < 1.29 is 23.0 Å². The molecule has 0 bridgehead atoms. The van der Waals surface area contributed by atoms with Crippen molar-refractivity contribution >= 4 is 12.0 Å². The fourth-order valence-electron chi connectivity index (χ4n) is 5.37. The van der Waals surface area contributed by atoms with Crippen molar-refractivity contribution in [2.45, 2.75) is 72.6 Å². The Morgan fingerprint density at radius 2 is 1.65 bits per heavy atom. The molecule has 2 aromatic carbocycles. The summed E-state index contributed by atoms with van der Waals surface area (Å²) in [5.74, 6) is 0.436. The lowest BCUT2D eigenvalue weighted by atomic mass is 9.89. The van der Waals surface area contributed by atoms with Gasteiger partial charge in [-0.3, -0.25) is 9.69 Å². The molecule has 1 aliphatic carbocycles. The van der Waals surface area contributed by atoms with Crippen LogP contribution in [0, 0.1) is 17.6 Å². The van der Waals surface area contributed by atoms with Crippen LogP contribution in [0.15, 0.2) is 42.0 Å². The highest BCUT2D eigenvalue weighted by molar-refractivity contribution is 5.95. The number of halogens is 2. The third-order valence-corrected chi connectivity index (χ3v) is 7.28. The Labute approximate surface area is 239 Å². The van der Waals surface area contributed by atoms with Crippen molar-refractivity contribution in [2.24, 2.45) is 5.92 Å². The normalized spacial score (nSPS) is 14.4. The van der Waals surface area contributed by atoms with Gasteiger partial charge in [0.05, 0.1) is 19.9 Å². The molecule has 3 rings (SSSR count). The monoisotopic (exact) mass is 556 g/mol. The molecule has 0 unspecified atom stereocenters. The number of amides is 1. The van der Waals surface area contributed by atoms with Crippen LogP contribution < -0.4 is 9.47 Å². The summed E-state index contributed by atoms with van der Waals surface area (Å²) >= 11 is 0. The number of carbonyl (C=O) groups is 1. The average Bonchev–Trinajstić information content (AvgIpc) is 2.93. The van der Waals surface area contributed by atoms with Crippen molar-refractivity contribution in [3.63, 3.8) is 0 Å². The summed E-state index contributed by atoms with van der Waals surface area (Å²) in [5.41, 5.74) is 1.59. The highest BCUT2D eigenvalue weighted by Gasteiger charge is 2.24. The Balaban J connectivity index is 1.93. The molecular formula is C33H46F2N2O3. The smallest absolute Gasteiger partial charge is 0.255 e. The Kier molecular flexibility index (Phi) is 12.9. The Morgan fingerprint density at radius 1 is 0.975 bits per heavy atom. The van der Waals surface area contributed by atoms with Crippen LogP contribution in [0.4, 0.5) is 8.78 Å². The molecule has 5 nitrogen and oxygen atoms in total. The molecule has 0 radical (unpaired) electrons. The van der Waals surface area contributed by atoms with E-state index in [0.717, 1.165) is 37.6 Å². The van der Waals surface area contributed by atoms with E-state index in [1.54, 1.807) is 24.3 Å². The summed E-state index contributed by atoms with van der Waals surface area (Å²) in [6.45, 7) is 11.5. The first-order valence-corrected chi connectivity index (χ1v) is 14.9. The molecule has 1 aliphatic rings. The summed E-state index contributed by atoms with van der Waals surface area (Å²) in [6, 6.07) is 8.88. The molecule has 2 aromatic rings. The Bertz CT molecular complexity index is 1090. The van der Waals surface area contributed by atoms with Crippen LogP contribution in [0.25, 0.3) is 6.08 Å². The Hall–Kier alpha value is -2.93. The van der Waals surface area contributed by atoms with Crippen LogP contribution in [0.1, 0.15) is 88.6 Å². The molecule has 0 heterocycles. The molecule has 1 amide bonds. The molecule has 7 heteroatoms. The van der Waals surface area contributed by atoms with Crippen LogP contribution >= 0.6 is 0 Å². The predicted molar refractivity (Wildman–Crippen MR) is 158 cm³/mol. The zero-order valence-electron chi connectivity index (χ0n) is 24.7. The standard InChI is InChI=1S/C33H46F2N2O3/c1-5-8-16-36(23-26-12-10-9-11-13-26)24-37(22-25(4)17-27-14-15-29(34)20-32(27)35)33(38)28-18-30(39-6-2)21-31(19-28)40-7-3/h14-15,17-21,26H,5-13,16,22-24H2,1-4H3/b25-17+. The van der Waals surface area contributed by atoms with Gasteiger partial charge < -0.3 is 14.4 Å². The maximum Gasteiger partial charge on any atom is 0.255 e. The van der Waals surface area contributed by atoms with Crippen molar-refractivity contribution in [3.8, 4) is 11.5 Å². The summed E-state index contributed by atoms with van der Waals surface area (Å²) < 4.78 is 39.3. The molecular weight excluding hydrogens is 510 g/mol. The minimum absolute atomic E-state index is 0.139. The zero-order valence-corrected chi connectivity index (χ0v) is 24.7. The van der Waals surface area contributed by atoms with Crippen molar-refractivity contribution in [1.29, 1.82) is 0 Å². The van der Waals surface area contributed by atoms with E-state index >= 15 is 0 Å². The third kappa shape index (κ3) is 9.92. The van der Waals surface area contributed by atoms with Gasteiger partial charge in [-0.05, 0) is 76.8 Å². The summed E-state index contributed by atoms with van der Waals surface area (Å²) in [7, 11) is 0. The molecule has 0 saturated heterocycles. The number of unbranched alkanes of at least 4 members (excludes halogenated alkanes) is 1. The lowest BCUT2D eigenvalue weighted by Crippen LogP contribution is -2.44. The number of nitrogens with zero attached hydrogens (tertiary/aromatic N) is 2. The maximum atomic E-state index is 14.4. The van der Waals surface area contributed by atoms with Crippen LogP contribution in [0.3, 0.4) is 0 Å². The number of benzene rings is 2. The van der Waals surface area contributed by atoms with Crippen molar-refractivity contribution in [1.82, 2.24) is 9.80 Å². The second kappa shape index (κ2) is 16.4. The molecule has 0 N–H and O–H groups in total. The number of hydrogen-bond acceptors (Lipinski definition) is 4. The summed E-state index contributed by atoms with van der Waals surface area (Å²) in [6.07, 6.45) is 10.1. The lowest BCUT2D eigenvalue weighted by Gasteiger charge is -2.34.